The summed E-state index contributed by atoms with van der Waals surface area (Å²) in [7, 11) is 0. The van der Waals surface area contributed by atoms with Crippen molar-refractivity contribution >= 4 is 0 Å². The number of nitrogens with one attached hydrogen (secondary N) is 1. The van der Waals surface area contributed by atoms with Gasteiger partial charge in [-0.1, -0.05) is 36.8 Å². The zero-order valence-electron chi connectivity index (χ0n) is 13.1. The number of rotatable bonds is 6. The van der Waals surface area contributed by atoms with Crippen molar-refractivity contribution in [2.45, 2.75) is 56.7 Å². The van der Waals surface area contributed by atoms with E-state index < -0.39 is 5.60 Å². The molecule has 3 heteroatoms. The number of benzene rings is 1. The molecule has 1 aliphatic heterocycles. The highest BCUT2D eigenvalue weighted by Gasteiger charge is 2.36. The van der Waals surface area contributed by atoms with E-state index in [0.29, 0.717) is 12.1 Å². The Kier molecular flexibility index (Phi) is 4.63. The zero-order chi connectivity index (χ0) is 14.7. The van der Waals surface area contributed by atoms with E-state index in [1.54, 1.807) is 0 Å². The molecule has 1 heterocycles. The Bertz CT molecular complexity index is 436. The van der Waals surface area contributed by atoms with Gasteiger partial charge in [0.2, 0.25) is 0 Å². The third-order valence-electron chi connectivity index (χ3n) is 4.84. The molecule has 1 saturated heterocycles. The SMILES string of the molecule is CC(O)(CN(CC1CCCCN1)C1CC1)c1ccccc1. The van der Waals surface area contributed by atoms with Gasteiger partial charge in [-0.25, -0.2) is 0 Å². The van der Waals surface area contributed by atoms with E-state index in [-0.39, 0.29) is 0 Å². The fourth-order valence-corrected chi connectivity index (χ4v) is 3.43. The highest BCUT2D eigenvalue weighted by atomic mass is 16.3. The van der Waals surface area contributed by atoms with E-state index in [0.717, 1.165) is 25.2 Å². The first kappa shape index (κ1) is 15.0. The Morgan fingerprint density at radius 1 is 1.19 bits per heavy atom. The average molecular weight is 288 g/mol. The molecule has 0 bridgehead atoms. The second-order valence-corrected chi connectivity index (χ2v) is 6.95. The molecule has 2 unspecified atom stereocenters. The van der Waals surface area contributed by atoms with E-state index in [1.807, 2.05) is 37.3 Å². The van der Waals surface area contributed by atoms with Crippen LogP contribution in [0, 0.1) is 0 Å². The van der Waals surface area contributed by atoms with E-state index >= 15 is 0 Å². The van der Waals surface area contributed by atoms with Crippen LogP contribution in [0.2, 0.25) is 0 Å². The second kappa shape index (κ2) is 6.47. The largest absolute Gasteiger partial charge is 0.384 e. The van der Waals surface area contributed by atoms with Gasteiger partial charge < -0.3 is 10.4 Å². The lowest BCUT2D eigenvalue weighted by Gasteiger charge is -2.35. The van der Waals surface area contributed by atoms with Gasteiger partial charge in [0, 0.05) is 25.2 Å². The maximum atomic E-state index is 10.9. The molecule has 1 aromatic carbocycles. The molecular weight excluding hydrogens is 260 g/mol. The molecule has 0 aromatic heterocycles. The minimum Gasteiger partial charge on any atom is -0.384 e. The van der Waals surface area contributed by atoms with E-state index in [1.165, 1.54) is 32.1 Å². The van der Waals surface area contributed by atoms with Gasteiger partial charge in [-0.2, -0.15) is 0 Å². The third kappa shape index (κ3) is 4.06. The molecule has 0 spiro atoms. The molecule has 2 atom stereocenters. The number of aliphatic hydroxyl groups is 1. The van der Waals surface area contributed by atoms with Crippen LogP contribution in [-0.4, -0.2) is 41.7 Å². The van der Waals surface area contributed by atoms with Gasteiger partial charge in [0.05, 0.1) is 5.60 Å². The number of hydrogen-bond donors (Lipinski definition) is 2. The van der Waals surface area contributed by atoms with Crippen LogP contribution in [0.3, 0.4) is 0 Å². The Labute approximate surface area is 128 Å². The Morgan fingerprint density at radius 3 is 2.57 bits per heavy atom. The van der Waals surface area contributed by atoms with Gasteiger partial charge in [-0.05, 0) is 44.7 Å². The van der Waals surface area contributed by atoms with Gasteiger partial charge >= 0.3 is 0 Å². The first-order valence-electron chi connectivity index (χ1n) is 8.40. The highest BCUT2D eigenvalue weighted by molar-refractivity contribution is 5.22. The van der Waals surface area contributed by atoms with Crippen LogP contribution in [0.1, 0.15) is 44.6 Å². The predicted octanol–water partition coefficient (Wildman–Crippen LogP) is 2.50. The van der Waals surface area contributed by atoms with E-state index in [9.17, 15) is 5.11 Å². The molecule has 2 fully saturated rings. The monoisotopic (exact) mass is 288 g/mol. The van der Waals surface area contributed by atoms with Crippen molar-refractivity contribution in [3.63, 3.8) is 0 Å². The second-order valence-electron chi connectivity index (χ2n) is 6.95. The Morgan fingerprint density at radius 2 is 1.95 bits per heavy atom. The summed E-state index contributed by atoms with van der Waals surface area (Å²) >= 11 is 0. The average Bonchev–Trinajstić information content (AvgIpc) is 3.33. The van der Waals surface area contributed by atoms with Crippen molar-refractivity contribution < 1.29 is 5.11 Å². The fourth-order valence-electron chi connectivity index (χ4n) is 3.43. The van der Waals surface area contributed by atoms with Crippen molar-refractivity contribution in [3.8, 4) is 0 Å². The van der Waals surface area contributed by atoms with Crippen LogP contribution in [0.25, 0.3) is 0 Å². The van der Waals surface area contributed by atoms with Gasteiger partial charge in [0.15, 0.2) is 0 Å². The highest BCUT2D eigenvalue weighted by Crippen LogP contribution is 2.31. The van der Waals surface area contributed by atoms with E-state index in [4.69, 9.17) is 0 Å². The Balaban J connectivity index is 1.64. The first-order valence-corrected chi connectivity index (χ1v) is 8.40. The van der Waals surface area contributed by atoms with Gasteiger partial charge in [0.1, 0.15) is 0 Å². The molecule has 1 saturated carbocycles. The number of hydrogen-bond acceptors (Lipinski definition) is 3. The molecule has 2 N–H and O–H groups in total. The van der Waals surface area contributed by atoms with Crippen molar-refractivity contribution in [3.05, 3.63) is 35.9 Å². The topological polar surface area (TPSA) is 35.5 Å². The lowest BCUT2D eigenvalue weighted by atomic mass is 9.94. The Hall–Kier alpha value is -0.900. The number of nitrogens with zero attached hydrogens (tertiary/aromatic N) is 1. The van der Waals surface area contributed by atoms with E-state index in [2.05, 4.69) is 10.2 Å². The first-order chi connectivity index (χ1) is 10.1. The minimum atomic E-state index is -0.765. The summed E-state index contributed by atoms with van der Waals surface area (Å²) in [6, 6.07) is 11.4. The van der Waals surface area contributed by atoms with Crippen LogP contribution < -0.4 is 5.32 Å². The summed E-state index contributed by atoms with van der Waals surface area (Å²) in [5.74, 6) is 0. The summed E-state index contributed by atoms with van der Waals surface area (Å²) in [6.07, 6.45) is 6.50. The normalized spacial score (nSPS) is 25.8. The smallest absolute Gasteiger partial charge is 0.0994 e. The maximum Gasteiger partial charge on any atom is 0.0994 e. The summed E-state index contributed by atoms with van der Waals surface area (Å²) in [5, 5.41) is 14.5. The summed E-state index contributed by atoms with van der Waals surface area (Å²) < 4.78 is 0. The predicted molar refractivity (Wildman–Crippen MR) is 86.2 cm³/mol. The van der Waals surface area contributed by atoms with Crippen LogP contribution >= 0.6 is 0 Å². The maximum absolute atomic E-state index is 10.9. The van der Waals surface area contributed by atoms with Crippen LogP contribution in [0.4, 0.5) is 0 Å². The van der Waals surface area contributed by atoms with Crippen LogP contribution in [-0.2, 0) is 5.60 Å². The quantitative estimate of drug-likeness (QED) is 0.844. The standard InChI is InChI=1S/C18H28N2O/c1-18(21,15-7-3-2-4-8-15)14-20(17-10-11-17)13-16-9-5-6-12-19-16/h2-4,7-8,16-17,19,21H,5-6,9-14H2,1H3. The number of piperidine rings is 1. The molecule has 0 radical (unpaired) electrons. The molecular formula is C18H28N2O. The summed E-state index contributed by atoms with van der Waals surface area (Å²) in [4.78, 5) is 2.51. The lowest BCUT2D eigenvalue weighted by molar-refractivity contribution is 0.00946. The molecule has 3 nitrogen and oxygen atoms in total. The summed E-state index contributed by atoms with van der Waals surface area (Å²) in [6.45, 7) is 4.91. The third-order valence-corrected chi connectivity index (χ3v) is 4.84. The molecule has 116 valence electrons. The van der Waals surface area contributed by atoms with Gasteiger partial charge in [-0.3, -0.25) is 4.90 Å². The molecule has 21 heavy (non-hydrogen) atoms. The van der Waals surface area contributed by atoms with Crippen LogP contribution in [0.15, 0.2) is 30.3 Å². The summed E-state index contributed by atoms with van der Waals surface area (Å²) in [5.41, 5.74) is 0.255. The molecule has 1 aliphatic carbocycles. The minimum absolute atomic E-state index is 0.603. The molecule has 2 aliphatic rings. The molecule has 3 rings (SSSR count). The van der Waals surface area contributed by atoms with Crippen molar-refractivity contribution in [2.24, 2.45) is 0 Å². The van der Waals surface area contributed by atoms with Crippen molar-refractivity contribution in [1.29, 1.82) is 0 Å². The molecule has 1 aromatic rings. The van der Waals surface area contributed by atoms with Crippen molar-refractivity contribution in [2.75, 3.05) is 19.6 Å². The zero-order valence-corrected chi connectivity index (χ0v) is 13.1. The molecule has 0 amide bonds. The van der Waals surface area contributed by atoms with Gasteiger partial charge in [0.25, 0.3) is 0 Å². The van der Waals surface area contributed by atoms with Crippen LogP contribution in [0.5, 0.6) is 0 Å². The van der Waals surface area contributed by atoms with Gasteiger partial charge in [-0.15, -0.1) is 0 Å². The fraction of sp³-hybridized carbons (Fsp3) is 0.667. The lowest BCUT2D eigenvalue weighted by Crippen LogP contribution is -2.48. The van der Waals surface area contributed by atoms with Crippen molar-refractivity contribution in [1.82, 2.24) is 10.2 Å².